The molecule has 0 saturated carbocycles. The molecule has 14 heteroatoms. The van der Waals surface area contributed by atoms with Crippen molar-refractivity contribution < 1.29 is 64.6 Å². The van der Waals surface area contributed by atoms with Gasteiger partial charge in [-0.05, 0) is 83.5 Å². The van der Waals surface area contributed by atoms with Gasteiger partial charge in [-0.2, -0.15) is 0 Å². The van der Waals surface area contributed by atoms with Gasteiger partial charge in [0, 0.05) is 6.42 Å². The summed E-state index contributed by atoms with van der Waals surface area (Å²) in [5, 5.41) is 87.8. The van der Waals surface area contributed by atoms with Crippen molar-refractivity contribution in [3.63, 3.8) is 0 Å². The minimum Gasteiger partial charge on any atom is -0.394 e. The van der Waals surface area contributed by atoms with Crippen LogP contribution in [-0.4, -0.2) is 140 Å². The highest BCUT2D eigenvalue weighted by Crippen LogP contribution is 2.30. The number of carbonyl (C=O) groups is 1. The third kappa shape index (κ3) is 54.4. The number of amides is 1. The van der Waals surface area contributed by atoms with Crippen molar-refractivity contribution >= 4 is 5.91 Å². The number of unbranched alkanes of at least 4 members (excludes halogenated alkanes) is 48. The zero-order chi connectivity index (χ0) is 74.4. The molecule has 0 aromatic rings. The third-order valence-electron chi connectivity index (χ3n) is 20.8. The van der Waals surface area contributed by atoms with Crippen molar-refractivity contribution in [3.05, 3.63) is 85.1 Å². The highest BCUT2D eigenvalue weighted by molar-refractivity contribution is 5.76. The molecule has 0 aliphatic carbocycles. The largest absolute Gasteiger partial charge is 0.394 e. The maximum atomic E-state index is 13.4. The molecule has 2 aliphatic rings. The van der Waals surface area contributed by atoms with Crippen LogP contribution in [0.3, 0.4) is 0 Å². The SMILES string of the molecule is CC/C=C\C/C=C\C/C=C\C/C=C\CCCCCCCCCCCCCCCCCCCCCCCCCCCCC(=O)NC(COC1OC(CO)C(OC2OC(CO)C(O)C(O)C2O)C(O)C1O)C(O)/C=C/CC/C=C/CC/C=C/CCCCCCCCCCCCCCCCCCCCCC. The molecule has 0 spiro atoms. The van der Waals surface area contributed by atoms with Crippen LogP contribution in [0.25, 0.3) is 0 Å². The number of aliphatic hydroxyl groups is 8. The third-order valence-corrected chi connectivity index (χ3v) is 20.8. The van der Waals surface area contributed by atoms with E-state index in [1.54, 1.807) is 6.08 Å². The molecule has 12 atom stereocenters. The van der Waals surface area contributed by atoms with Crippen molar-refractivity contribution in [1.29, 1.82) is 0 Å². The Hall–Kier alpha value is -2.83. The van der Waals surface area contributed by atoms with Crippen LogP contribution in [0.1, 0.15) is 380 Å². The maximum Gasteiger partial charge on any atom is 0.220 e. The molecule has 0 aromatic carbocycles. The highest BCUT2D eigenvalue weighted by Gasteiger charge is 2.51. The molecule has 2 heterocycles. The van der Waals surface area contributed by atoms with E-state index >= 15 is 0 Å². The van der Waals surface area contributed by atoms with Gasteiger partial charge in [0.2, 0.25) is 5.91 Å². The molecule has 1 amide bonds. The normalized spacial score (nSPS) is 22.0. The molecular formula is C89H161NO13. The fourth-order valence-corrected chi connectivity index (χ4v) is 14.0. The molecule has 2 saturated heterocycles. The van der Waals surface area contributed by atoms with E-state index < -0.39 is 86.8 Å². The topological polar surface area (TPSA) is 228 Å². The van der Waals surface area contributed by atoms with E-state index in [1.165, 1.54) is 276 Å². The average molecular weight is 1450 g/mol. The Labute approximate surface area is 631 Å². The Bertz CT molecular complexity index is 2060. The summed E-state index contributed by atoms with van der Waals surface area (Å²) in [5.74, 6) is -0.247. The lowest BCUT2D eigenvalue weighted by Gasteiger charge is -2.46. The Morgan fingerprint density at radius 3 is 1.07 bits per heavy atom. The molecule has 12 unspecified atom stereocenters. The number of nitrogens with one attached hydrogen (secondary N) is 1. The zero-order valence-corrected chi connectivity index (χ0v) is 66.1. The predicted molar refractivity (Wildman–Crippen MR) is 429 cm³/mol. The summed E-state index contributed by atoms with van der Waals surface area (Å²) < 4.78 is 22.9. The van der Waals surface area contributed by atoms with Crippen LogP contribution < -0.4 is 5.32 Å². The van der Waals surface area contributed by atoms with Gasteiger partial charge in [-0.15, -0.1) is 0 Å². The van der Waals surface area contributed by atoms with Gasteiger partial charge in [0.25, 0.3) is 0 Å². The van der Waals surface area contributed by atoms with E-state index in [0.29, 0.717) is 12.8 Å². The molecular weight excluding hydrogens is 1290 g/mol. The number of ether oxygens (including phenoxy) is 4. The van der Waals surface area contributed by atoms with Gasteiger partial charge in [-0.1, -0.05) is 375 Å². The second-order valence-electron chi connectivity index (χ2n) is 30.3. The smallest absolute Gasteiger partial charge is 0.220 e. The molecule has 2 aliphatic heterocycles. The number of hydrogen-bond acceptors (Lipinski definition) is 13. The predicted octanol–water partition coefficient (Wildman–Crippen LogP) is 20.6. The van der Waals surface area contributed by atoms with Gasteiger partial charge in [-0.25, -0.2) is 0 Å². The molecule has 0 bridgehead atoms. The van der Waals surface area contributed by atoms with Gasteiger partial charge in [0.15, 0.2) is 12.6 Å². The van der Waals surface area contributed by atoms with E-state index in [2.05, 4.69) is 92.1 Å². The fraction of sp³-hybridized carbons (Fsp3) is 0.831. The molecule has 2 rings (SSSR count). The van der Waals surface area contributed by atoms with Crippen LogP contribution in [0.15, 0.2) is 85.1 Å². The van der Waals surface area contributed by atoms with Gasteiger partial charge in [-0.3, -0.25) is 4.79 Å². The van der Waals surface area contributed by atoms with Crippen molar-refractivity contribution in [1.82, 2.24) is 5.32 Å². The zero-order valence-electron chi connectivity index (χ0n) is 66.1. The minimum atomic E-state index is -1.80. The first kappa shape index (κ1) is 96.2. The van der Waals surface area contributed by atoms with Crippen LogP contribution in [0, 0.1) is 0 Å². The highest BCUT2D eigenvalue weighted by atomic mass is 16.7. The number of hydrogen-bond donors (Lipinski definition) is 9. The first-order valence-electron chi connectivity index (χ1n) is 43.3. The first-order valence-corrected chi connectivity index (χ1v) is 43.3. The van der Waals surface area contributed by atoms with Gasteiger partial charge in [0.1, 0.15) is 48.8 Å². The van der Waals surface area contributed by atoms with Crippen molar-refractivity contribution in [2.45, 2.75) is 453 Å². The van der Waals surface area contributed by atoms with Gasteiger partial charge < -0.3 is 65.1 Å². The summed E-state index contributed by atoms with van der Waals surface area (Å²) in [4.78, 5) is 13.4. The van der Waals surface area contributed by atoms with Crippen LogP contribution in [0.4, 0.5) is 0 Å². The van der Waals surface area contributed by atoms with Crippen molar-refractivity contribution in [2.75, 3.05) is 19.8 Å². The second-order valence-corrected chi connectivity index (χ2v) is 30.3. The number of aliphatic hydroxyl groups excluding tert-OH is 8. The monoisotopic (exact) mass is 1450 g/mol. The lowest BCUT2D eigenvalue weighted by atomic mass is 9.97. The summed E-state index contributed by atoms with van der Waals surface area (Å²) in [5.41, 5.74) is 0. The number of allylic oxidation sites excluding steroid dienone is 13. The minimum absolute atomic E-state index is 0.247. The number of rotatable bonds is 73. The summed E-state index contributed by atoms with van der Waals surface area (Å²) in [6.07, 6.45) is 85.6. The Morgan fingerprint density at radius 2 is 0.680 bits per heavy atom. The molecule has 600 valence electrons. The Kier molecular flexibility index (Phi) is 67.3. The molecule has 103 heavy (non-hydrogen) atoms. The van der Waals surface area contributed by atoms with Crippen LogP contribution >= 0.6 is 0 Å². The second kappa shape index (κ2) is 72.1. The van der Waals surface area contributed by atoms with Crippen LogP contribution in [0.5, 0.6) is 0 Å². The standard InChI is InChI=1S/C89H161NO13/c1-3-5-7-9-11-13-15-17-19-21-23-25-27-29-31-33-35-36-37-38-39-40-41-42-43-45-47-49-51-53-55-57-59-61-63-65-67-69-71-73-81(94)90-77(76-100-88-86(99)84(97)87(80(75-92)102-88)103-89-85(98)83(96)82(95)79(74-91)101-89)78(93)72-70-68-66-64-62-60-58-56-54-52-50-48-46-44-34-32-30-28-26-24-22-20-18-16-14-12-10-8-6-4-2/h5,7,11,13,17,19,23,25,54,56,62,64,70,72,77-80,82-89,91-93,95-99H,3-4,6,8-10,12,14-16,18,20-22,24,26-53,55,57-61,63,65-69,71,73-76H2,1-2H3,(H,90,94)/b7-5-,13-11-,19-17-,25-23-,56-54+,64-62+,72-70+. The van der Waals surface area contributed by atoms with Gasteiger partial charge in [0.05, 0.1) is 32.0 Å². The Balaban J connectivity index is 1.59. The molecule has 14 nitrogen and oxygen atoms in total. The van der Waals surface area contributed by atoms with Crippen molar-refractivity contribution in [3.8, 4) is 0 Å². The Morgan fingerprint density at radius 1 is 0.359 bits per heavy atom. The summed E-state index contributed by atoms with van der Waals surface area (Å²) in [6, 6.07) is -0.942. The lowest BCUT2D eigenvalue weighted by Crippen LogP contribution is -2.65. The average Bonchev–Trinajstić information content (AvgIpc) is 0.791. The molecule has 0 aromatic heterocycles. The summed E-state index contributed by atoms with van der Waals surface area (Å²) in [7, 11) is 0. The maximum absolute atomic E-state index is 13.4. The van der Waals surface area contributed by atoms with E-state index in [-0.39, 0.29) is 18.9 Å². The summed E-state index contributed by atoms with van der Waals surface area (Å²) >= 11 is 0. The molecule has 0 radical (unpaired) electrons. The molecule has 9 N–H and O–H groups in total. The fourth-order valence-electron chi connectivity index (χ4n) is 14.0. The van der Waals surface area contributed by atoms with E-state index in [9.17, 15) is 45.6 Å². The summed E-state index contributed by atoms with van der Waals surface area (Å²) in [6.45, 7) is 2.72. The van der Waals surface area contributed by atoms with E-state index in [1.807, 2.05) is 6.08 Å². The lowest BCUT2D eigenvalue weighted by molar-refractivity contribution is -0.359. The van der Waals surface area contributed by atoms with Crippen molar-refractivity contribution in [2.24, 2.45) is 0 Å². The molecule has 2 fully saturated rings. The van der Waals surface area contributed by atoms with Crippen LogP contribution in [0.2, 0.25) is 0 Å². The van der Waals surface area contributed by atoms with E-state index in [4.69, 9.17) is 18.9 Å². The van der Waals surface area contributed by atoms with Gasteiger partial charge >= 0.3 is 0 Å². The number of carbonyl (C=O) groups excluding carboxylic acids is 1. The first-order chi connectivity index (χ1) is 50.6. The van der Waals surface area contributed by atoms with Crippen LogP contribution in [-0.2, 0) is 23.7 Å². The van der Waals surface area contributed by atoms with E-state index in [0.717, 1.165) is 70.6 Å². The quantitative estimate of drug-likeness (QED) is 0.0204.